The smallest absolute Gasteiger partial charge is 0 e. The monoisotopic (exact) mass is 870 g/mol. The predicted octanol–water partition coefficient (Wildman–Crippen LogP) is 8.00. The van der Waals surface area contributed by atoms with Gasteiger partial charge in [-0.1, -0.05) is 140 Å². The minimum absolute atomic E-state index is 0. The van der Waals surface area contributed by atoms with Crippen LogP contribution in [-0.4, -0.2) is 0 Å². The first kappa shape index (κ1) is 45.6. The van der Waals surface area contributed by atoms with Crippen LogP contribution in [0.4, 0.5) is 0 Å². The van der Waals surface area contributed by atoms with Crippen molar-refractivity contribution in [3.63, 3.8) is 0 Å². The molecule has 0 bridgehead atoms. The zero-order chi connectivity index (χ0) is 34.2. The van der Waals surface area contributed by atoms with Gasteiger partial charge in [-0.05, 0) is 45.9 Å². The third-order valence-corrected chi connectivity index (χ3v) is 8.84. The number of hydrogen-bond donors (Lipinski definition) is 0. The zero-order valence-electron chi connectivity index (χ0n) is 31.6. The van der Waals surface area contributed by atoms with Crippen molar-refractivity contribution in [1.29, 1.82) is 0 Å². The topological polar surface area (TPSA) is 0 Å². The summed E-state index contributed by atoms with van der Waals surface area (Å²) >= 11 is 0. The molecule has 0 heterocycles. The van der Waals surface area contributed by atoms with Crippen molar-refractivity contribution in [1.82, 2.24) is 0 Å². The van der Waals surface area contributed by atoms with Crippen LogP contribution in [0.15, 0.2) is 109 Å². The Bertz CT molecular complexity index is 1700. The molecule has 0 radical (unpaired) electrons. The van der Waals surface area contributed by atoms with Crippen molar-refractivity contribution in [3.05, 3.63) is 145 Å². The average molecular weight is 870 g/mol. The summed E-state index contributed by atoms with van der Waals surface area (Å²) in [4.78, 5) is 0. The molecule has 0 aliphatic heterocycles. The van der Waals surface area contributed by atoms with Crippen LogP contribution in [-0.2, 0) is 49.5 Å². The van der Waals surface area contributed by atoms with E-state index in [1.807, 2.05) is 0 Å². The minimum Gasteiger partial charge on any atom is -1.00 e. The number of hydrogen-bond acceptors (Lipinski definition) is 0. The zero-order valence-corrected chi connectivity index (χ0v) is 36.7. The van der Waals surface area contributed by atoms with E-state index < -0.39 is 0 Å². The molecule has 0 spiro atoms. The predicted molar refractivity (Wildman–Crippen MR) is 211 cm³/mol. The van der Waals surface area contributed by atoms with Gasteiger partial charge in [-0.15, -0.1) is 69.1 Å². The van der Waals surface area contributed by atoms with Crippen LogP contribution < -0.4 is 24.8 Å². The van der Waals surface area contributed by atoms with E-state index in [-0.39, 0.29) is 61.5 Å². The molecule has 0 fully saturated rings. The third kappa shape index (κ3) is 11.8. The van der Waals surface area contributed by atoms with Gasteiger partial charge in [0.05, 0.1) is 0 Å². The van der Waals surface area contributed by atoms with Crippen LogP contribution in [0, 0.1) is 13.8 Å². The Kier molecular flexibility index (Phi) is 18.7. The molecule has 0 unspecified atom stereocenters. The molecule has 0 saturated heterocycles. The maximum atomic E-state index is 3.38. The summed E-state index contributed by atoms with van der Waals surface area (Å²) < 4.78 is 0. The van der Waals surface area contributed by atoms with Crippen molar-refractivity contribution >= 4 is 21.5 Å². The molecule has 0 aliphatic carbocycles. The van der Waals surface area contributed by atoms with E-state index in [0.29, 0.717) is 0 Å². The molecule has 0 atom stereocenters. The van der Waals surface area contributed by atoms with Gasteiger partial charge in [0.15, 0.2) is 0 Å². The average Bonchev–Trinajstić information content (AvgIpc) is 3.69. The Morgan fingerprint density at radius 3 is 1.12 bits per heavy atom. The normalized spacial score (nSPS) is 10.9. The molecule has 0 nitrogen and oxygen atoms in total. The van der Waals surface area contributed by atoms with E-state index in [1.165, 1.54) is 78.9 Å². The van der Waals surface area contributed by atoms with Gasteiger partial charge < -0.3 is 45.1 Å². The summed E-state index contributed by atoms with van der Waals surface area (Å²) in [5, 5.41) is 5.44. The molecular weight excluding hydrogens is 814 g/mol. The molecule has 0 aliphatic rings. The maximum absolute atomic E-state index is 3.38. The Morgan fingerprint density at radius 2 is 0.840 bits per heavy atom. The van der Waals surface area contributed by atoms with Crippen LogP contribution in [0.3, 0.4) is 0 Å². The fourth-order valence-corrected chi connectivity index (χ4v) is 6.12. The largest absolute Gasteiger partial charge is 1.00 e. The SMILES string of the molecule is CCCc1ccc(-c2cccc3[cH-]c(C(C)(C)C)cc23)cc1.CCCc1ccc(-c2cccc3[cH-]c(C(C)(C)C)cc23)cc1.[CH2-]C[CH2-].[Cl-].[Cl-].[Hf]. The van der Waals surface area contributed by atoms with Gasteiger partial charge in [-0.25, -0.2) is 0 Å². The van der Waals surface area contributed by atoms with E-state index in [9.17, 15) is 0 Å². The molecule has 0 saturated carbocycles. The first-order valence-electron chi connectivity index (χ1n) is 17.6. The Labute approximate surface area is 335 Å². The first-order chi connectivity index (χ1) is 22.4. The Morgan fingerprint density at radius 1 is 0.520 bits per heavy atom. The molecule has 0 aromatic heterocycles. The summed E-state index contributed by atoms with van der Waals surface area (Å²) in [6.45, 7) is 24.9. The van der Waals surface area contributed by atoms with Crippen molar-refractivity contribution in [2.45, 2.75) is 98.3 Å². The van der Waals surface area contributed by atoms with Crippen molar-refractivity contribution in [2.75, 3.05) is 0 Å². The van der Waals surface area contributed by atoms with E-state index in [4.69, 9.17) is 0 Å². The van der Waals surface area contributed by atoms with Gasteiger partial charge in [-0.3, -0.25) is 0 Å². The standard InChI is InChI=1S/2C22H25.C3H6.2ClH.Hf/c2*1-5-7-16-10-12-17(13-11-16)20-9-6-8-18-14-19(15-21(18)20)22(2,3)4;1-3-2;;;/h2*6,8-15H,5,7H2,1-4H3;1-3H2;2*1H;/q2*-1;-2;;;/p-2. The fourth-order valence-electron chi connectivity index (χ4n) is 6.12. The molecule has 6 aromatic rings. The van der Waals surface area contributed by atoms with Crippen LogP contribution in [0.2, 0.25) is 0 Å². The first-order valence-corrected chi connectivity index (χ1v) is 17.6. The summed E-state index contributed by atoms with van der Waals surface area (Å²) in [7, 11) is 0. The Hall–Kier alpha value is -2.45. The second-order valence-corrected chi connectivity index (χ2v) is 14.9. The van der Waals surface area contributed by atoms with E-state index in [1.54, 1.807) is 0 Å². The number of rotatable bonds is 6. The quantitative estimate of drug-likeness (QED) is 0.118. The number of benzene rings is 4. The Balaban J connectivity index is 0.000000439. The van der Waals surface area contributed by atoms with Gasteiger partial charge >= 0.3 is 0 Å². The number of fused-ring (bicyclic) bond motifs is 2. The second kappa shape index (κ2) is 20.6. The summed E-state index contributed by atoms with van der Waals surface area (Å²) in [5.41, 5.74) is 11.4. The number of halogens is 2. The molecule has 268 valence electrons. The maximum Gasteiger partial charge on any atom is 0 e. The van der Waals surface area contributed by atoms with Gasteiger partial charge in [0.25, 0.3) is 0 Å². The third-order valence-electron chi connectivity index (χ3n) is 8.84. The summed E-state index contributed by atoms with van der Waals surface area (Å²) in [6.07, 6.45) is 5.48. The molecule has 0 N–H and O–H groups in total. The van der Waals surface area contributed by atoms with E-state index in [2.05, 4.69) is 178 Å². The van der Waals surface area contributed by atoms with Crippen LogP contribution in [0.25, 0.3) is 43.8 Å². The molecule has 50 heavy (non-hydrogen) atoms. The van der Waals surface area contributed by atoms with Gasteiger partial charge in [0.1, 0.15) is 0 Å². The van der Waals surface area contributed by atoms with E-state index >= 15 is 0 Å². The van der Waals surface area contributed by atoms with Crippen LogP contribution in [0.5, 0.6) is 0 Å². The van der Waals surface area contributed by atoms with Crippen molar-refractivity contribution in [3.8, 4) is 22.3 Å². The van der Waals surface area contributed by atoms with E-state index in [0.717, 1.165) is 19.3 Å². The summed E-state index contributed by atoms with van der Waals surface area (Å²) in [6, 6.07) is 40.8. The van der Waals surface area contributed by atoms with Crippen molar-refractivity contribution in [2.24, 2.45) is 0 Å². The molecule has 6 rings (SSSR count). The van der Waals surface area contributed by atoms with Crippen LogP contribution >= 0.6 is 0 Å². The molecule has 6 aromatic carbocycles. The van der Waals surface area contributed by atoms with Crippen molar-refractivity contribution < 1.29 is 50.7 Å². The van der Waals surface area contributed by atoms with Gasteiger partial charge in [0.2, 0.25) is 0 Å². The van der Waals surface area contributed by atoms with Gasteiger partial charge in [0, 0.05) is 25.8 Å². The number of aryl methyl sites for hydroxylation is 2. The summed E-state index contributed by atoms with van der Waals surface area (Å²) in [5.74, 6) is 0. The second-order valence-electron chi connectivity index (χ2n) is 14.9. The van der Waals surface area contributed by atoms with Crippen LogP contribution in [0.1, 0.15) is 96.9 Å². The molecular formula is C47H56Cl2Hf-6. The molecule has 0 amide bonds. The van der Waals surface area contributed by atoms with Gasteiger partial charge in [-0.2, -0.15) is 12.1 Å². The molecule has 3 heteroatoms. The minimum atomic E-state index is 0. The fraction of sp³-hybridized carbons (Fsp3) is 0.319.